The monoisotopic (exact) mass is 377 g/mol. The molecule has 5 nitrogen and oxygen atoms in total. The lowest BCUT2D eigenvalue weighted by Crippen LogP contribution is -2.43. The van der Waals surface area contributed by atoms with E-state index in [-0.39, 0.29) is 18.1 Å². The van der Waals surface area contributed by atoms with Crippen molar-refractivity contribution >= 4 is 11.6 Å². The molecule has 5 heteroatoms. The van der Waals surface area contributed by atoms with Gasteiger partial charge in [-0.3, -0.25) is 9.69 Å². The predicted octanol–water partition coefficient (Wildman–Crippen LogP) is 2.99. The minimum Gasteiger partial charge on any atom is -0.384 e. The standard InChI is InChI=1S/C23H27N3O2/c27-23(20-10-4-8-17-9-5-11-24-22(17)20)25-18-12-19-15-28-21(14-26(19)13-18)16-6-2-1-3-7-16/h1-4,6-8,10,18-19,21,24H,5,9,11-15H2,(H,25,27)/t18-,19+,21-/m1/s1. The van der Waals surface area contributed by atoms with Crippen LogP contribution in [0.3, 0.4) is 0 Å². The Morgan fingerprint density at radius 2 is 2.00 bits per heavy atom. The van der Waals surface area contributed by atoms with Gasteiger partial charge in [0.15, 0.2) is 0 Å². The molecule has 3 aliphatic heterocycles. The molecule has 5 rings (SSSR count). The van der Waals surface area contributed by atoms with Gasteiger partial charge in [0, 0.05) is 31.7 Å². The average Bonchev–Trinajstić information content (AvgIpc) is 3.15. The fourth-order valence-electron chi connectivity index (χ4n) is 4.81. The summed E-state index contributed by atoms with van der Waals surface area (Å²) in [5, 5.41) is 6.70. The third-order valence-electron chi connectivity index (χ3n) is 6.24. The zero-order chi connectivity index (χ0) is 18.9. The second-order valence-electron chi connectivity index (χ2n) is 8.12. The molecule has 3 aliphatic rings. The van der Waals surface area contributed by atoms with Gasteiger partial charge in [0.25, 0.3) is 5.91 Å². The number of nitrogens with one attached hydrogen (secondary N) is 2. The summed E-state index contributed by atoms with van der Waals surface area (Å²) in [4.78, 5) is 15.4. The van der Waals surface area contributed by atoms with Crippen LogP contribution < -0.4 is 10.6 Å². The van der Waals surface area contributed by atoms with Crippen molar-refractivity contribution in [2.24, 2.45) is 0 Å². The van der Waals surface area contributed by atoms with E-state index < -0.39 is 0 Å². The lowest BCUT2D eigenvalue weighted by molar-refractivity contribution is -0.0502. The molecule has 2 N–H and O–H groups in total. The minimum atomic E-state index is 0.0385. The third-order valence-corrected chi connectivity index (χ3v) is 6.24. The van der Waals surface area contributed by atoms with Crippen molar-refractivity contribution in [1.29, 1.82) is 0 Å². The molecule has 0 aromatic heterocycles. The summed E-state index contributed by atoms with van der Waals surface area (Å²) >= 11 is 0. The molecule has 146 valence electrons. The summed E-state index contributed by atoms with van der Waals surface area (Å²) in [7, 11) is 0. The maximum atomic E-state index is 13.0. The van der Waals surface area contributed by atoms with Crippen molar-refractivity contribution in [3.63, 3.8) is 0 Å². The minimum absolute atomic E-state index is 0.0385. The fourth-order valence-corrected chi connectivity index (χ4v) is 4.81. The first-order valence-corrected chi connectivity index (χ1v) is 10.3. The van der Waals surface area contributed by atoms with Crippen molar-refractivity contribution in [2.45, 2.75) is 37.5 Å². The third kappa shape index (κ3) is 3.40. The Kier molecular flexibility index (Phi) is 4.79. The van der Waals surface area contributed by atoms with Crippen LogP contribution in [0.2, 0.25) is 0 Å². The lowest BCUT2D eigenvalue weighted by Gasteiger charge is -2.35. The molecule has 1 amide bonds. The maximum Gasteiger partial charge on any atom is 0.253 e. The van der Waals surface area contributed by atoms with Crippen LogP contribution in [0.25, 0.3) is 0 Å². The summed E-state index contributed by atoms with van der Waals surface area (Å²) in [6, 6.07) is 17.0. The fraction of sp³-hybridized carbons (Fsp3) is 0.435. The number of benzene rings is 2. The van der Waals surface area contributed by atoms with E-state index in [1.807, 2.05) is 18.2 Å². The second-order valence-corrected chi connectivity index (χ2v) is 8.12. The number of morpholine rings is 1. The molecule has 0 radical (unpaired) electrons. The van der Waals surface area contributed by atoms with Crippen molar-refractivity contribution in [3.05, 3.63) is 65.2 Å². The Balaban J connectivity index is 1.24. The van der Waals surface area contributed by atoms with Gasteiger partial charge in [-0.1, -0.05) is 42.5 Å². The van der Waals surface area contributed by atoms with Crippen molar-refractivity contribution in [2.75, 3.05) is 31.6 Å². The molecular formula is C23H27N3O2. The zero-order valence-corrected chi connectivity index (χ0v) is 16.1. The van der Waals surface area contributed by atoms with E-state index in [0.29, 0.717) is 6.04 Å². The number of hydrogen-bond donors (Lipinski definition) is 2. The number of amides is 1. The highest BCUT2D eigenvalue weighted by Gasteiger charge is 2.38. The van der Waals surface area contributed by atoms with Gasteiger partial charge in [-0.05, 0) is 36.5 Å². The molecule has 3 atom stereocenters. The first-order valence-electron chi connectivity index (χ1n) is 10.3. The van der Waals surface area contributed by atoms with E-state index in [0.717, 1.165) is 56.8 Å². The molecule has 0 bridgehead atoms. The van der Waals surface area contributed by atoms with Gasteiger partial charge in [-0.15, -0.1) is 0 Å². The Morgan fingerprint density at radius 3 is 2.89 bits per heavy atom. The van der Waals surface area contributed by atoms with Gasteiger partial charge in [0.05, 0.1) is 24.0 Å². The average molecular weight is 377 g/mol. The smallest absolute Gasteiger partial charge is 0.253 e. The summed E-state index contributed by atoms with van der Waals surface area (Å²) in [5.74, 6) is 0.0385. The van der Waals surface area contributed by atoms with Gasteiger partial charge in [-0.25, -0.2) is 0 Å². The van der Waals surface area contributed by atoms with Crippen LogP contribution in [-0.4, -0.2) is 49.1 Å². The van der Waals surface area contributed by atoms with Gasteiger partial charge in [0.1, 0.15) is 0 Å². The highest BCUT2D eigenvalue weighted by Crippen LogP contribution is 2.31. The van der Waals surface area contributed by atoms with E-state index in [1.165, 1.54) is 11.1 Å². The molecule has 0 unspecified atom stereocenters. The van der Waals surface area contributed by atoms with Crippen molar-refractivity contribution in [1.82, 2.24) is 10.2 Å². The number of anilines is 1. The van der Waals surface area contributed by atoms with Crippen LogP contribution in [0.1, 0.15) is 40.4 Å². The first kappa shape index (κ1) is 17.7. The largest absolute Gasteiger partial charge is 0.384 e. The van der Waals surface area contributed by atoms with Crippen molar-refractivity contribution in [3.8, 4) is 0 Å². The quantitative estimate of drug-likeness (QED) is 0.864. The van der Waals surface area contributed by atoms with Crippen LogP contribution >= 0.6 is 0 Å². The molecule has 2 saturated heterocycles. The van der Waals surface area contributed by atoms with Gasteiger partial charge < -0.3 is 15.4 Å². The summed E-state index contributed by atoms with van der Waals surface area (Å²) < 4.78 is 6.13. The number of ether oxygens (including phenoxy) is 1. The summed E-state index contributed by atoms with van der Waals surface area (Å²) in [5.41, 5.74) is 4.28. The SMILES string of the molecule is O=C(N[C@@H]1C[C@H]2CO[C@@H](c3ccccc3)CN2C1)c1cccc2c1NCCC2. The second kappa shape index (κ2) is 7.57. The summed E-state index contributed by atoms with van der Waals surface area (Å²) in [6.07, 6.45) is 3.24. The highest BCUT2D eigenvalue weighted by molar-refractivity contribution is 6.00. The number of rotatable bonds is 3. The van der Waals surface area contributed by atoms with E-state index in [9.17, 15) is 4.79 Å². The molecule has 28 heavy (non-hydrogen) atoms. The van der Waals surface area contributed by atoms with Crippen molar-refractivity contribution < 1.29 is 9.53 Å². The van der Waals surface area contributed by atoms with Gasteiger partial charge in [0.2, 0.25) is 0 Å². The number of nitrogens with zero attached hydrogens (tertiary/aromatic N) is 1. The van der Waals surface area contributed by atoms with E-state index in [2.05, 4.69) is 45.9 Å². The van der Waals surface area contributed by atoms with Crippen LogP contribution in [0.4, 0.5) is 5.69 Å². The van der Waals surface area contributed by atoms with Crippen LogP contribution in [0.15, 0.2) is 48.5 Å². The normalized spacial score (nSPS) is 26.8. The number of hydrogen-bond acceptors (Lipinski definition) is 4. The van der Waals surface area contributed by atoms with Gasteiger partial charge >= 0.3 is 0 Å². The van der Waals surface area contributed by atoms with Crippen LogP contribution in [0.5, 0.6) is 0 Å². The summed E-state index contributed by atoms with van der Waals surface area (Å²) in [6.45, 7) is 3.46. The Morgan fingerprint density at radius 1 is 1.11 bits per heavy atom. The van der Waals surface area contributed by atoms with E-state index in [1.54, 1.807) is 0 Å². The Labute approximate surface area is 166 Å². The molecule has 2 aromatic carbocycles. The highest BCUT2D eigenvalue weighted by atomic mass is 16.5. The molecule has 0 aliphatic carbocycles. The molecular weight excluding hydrogens is 350 g/mol. The molecule has 2 fully saturated rings. The topological polar surface area (TPSA) is 53.6 Å². The van der Waals surface area contributed by atoms with E-state index in [4.69, 9.17) is 4.74 Å². The Hall–Kier alpha value is -2.37. The zero-order valence-electron chi connectivity index (χ0n) is 16.1. The lowest BCUT2D eigenvalue weighted by atomic mass is 9.99. The van der Waals surface area contributed by atoms with E-state index >= 15 is 0 Å². The molecule has 2 aromatic rings. The number of para-hydroxylation sites is 1. The maximum absolute atomic E-state index is 13.0. The number of carbonyl (C=O) groups is 1. The number of carbonyl (C=O) groups excluding carboxylic acids is 1. The van der Waals surface area contributed by atoms with Crippen LogP contribution in [-0.2, 0) is 11.2 Å². The molecule has 0 spiro atoms. The number of aryl methyl sites for hydroxylation is 1. The molecule has 3 heterocycles. The molecule has 0 saturated carbocycles. The predicted molar refractivity (Wildman–Crippen MR) is 110 cm³/mol. The first-order chi connectivity index (χ1) is 13.8. The Bertz CT molecular complexity index is 854. The van der Waals surface area contributed by atoms with Crippen LogP contribution in [0, 0.1) is 0 Å². The number of fused-ring (bicyclic) bond motifs is 2. The van der Waals surface area contributed by atoms with Gasteiger partial charge in [-0.2, -0.15) is 0 Å².